The second kappa shape index (κ2) is 3.43. The highest BCUT2D eigenvalue weighted by atomic mass is 28.3. The highest BCUT2D eigenvalue weighted by molar-refractivity contribution is 6.77. The Labute approximate surface area is 83.0 Å². The van der Waals surface area contributed by atoms with E-state index in [-0.39, 0.29) is 0 Å². The van der Waals surface area contributed by atoms with Crippen LogP contribution in [0.1, 0.15) is 20.8 Å². The molecule has 0 aliphatic heterocycles. The van der Waals surface area contributed by atoms with Crippen LogP contribution in [0.3, 0.4) is 0 Å². The lowest BCUT2D eigenvalue weighted by Crippen LogP contribution is -2.55. The molecule has 0 bridgehead atoms. The van der Waals surface area contributed by atoms with Gasteiger partial charge < -0.3 is 4.98 Å². The van der Waals surface area contributed by atoms with Crippen molar-refractivity contribution in [3.63, 3.8) is 0 Å². The first-order valence-electron chi connectivity index (χ1n) is 4.96. The molecular formula is C11H21NSi. The molecule has 0 saturated carbocycles. The second-order valence-corrected chi connectivity index (χ2v) is 10.4. The minimum atomic E-state index is -1.32. The number of hydrogen-bond acceptors (Lipinski definition) is 1. The Kier molecular flexibility index (Phi) is 2.83. The van der Waals surface area contributed by atoms with Crippen LogP contribution in [-0.4, -0.2) is 14.3 Å². The zero-order valence-electron chi connectivity index (χ0n) is 9.39. The van der Waals surface area contributed by atoms with Crippen molar-refractivity contribution >= 4 is 8.24 Å². The van der Waals surface area contributed by atoms with Crippen molar-refractivity contribution in [3.8, 4) is 0 Å². The molecule has 1 nitrogen and oxygen atoms in total. The van der Waals surface area contributed by atoms with Crippen molar-refractivity contribution in [2.75, 3.05) is 0 Å². The predicted molar refractivity (Wildman–Crippen MR) is 62.4 cm³/mol. The predicted octanol–water partition coefficient (Wildman–Crippen LogP) is 3.08. The Bertz CT molecular complexity index is 221. The van der Waals surface area contributed by atoms with Crippen LogP contribution < -0.4 is 4.98 Å². The summed E-state index contributed by atoms with van der Waals surface area (Å²) < 4.78 is 0. The van der Waals surface area contributed by atoms with Crippen LogP contribution in [0, 0.1) is 0 Å². The van der Waals surface area contributed by atoms with Gasteiger partial charge in [-0.1, -0.05) is 58.2 Å². The van der Waals surface area contributed by atoms with E-state index in [1.807, 2.05) is 0 Å². The highest BCUT2D eigenvalue weighted by Gasteiger charge is 2.36. The van der Waals surface area contributed by atoms with Crippen LogP contribution >= 0.6 is 0 Å². The van der Waals surface area contributed by atoms with E-state index in [2.05, 4.69) is 63.2 Å². The maximum absolute atomic E-state index is 3.76. The van der Waals surface area contributed by atoms with Crippen LogP contribution in [-0.2, 0) is 0 Å². The molecule has 1 rings (SSSR count). The van der Waals surface area contributed by atoms with Crippen LogP contribution in [0.25, 0.3) is 0 Å². The Morgan fingerprint density at radius 1 is 1.08 bits per heavy atom. The van der Waals surface area contributed by atoms with Crippen molar-refractivity contribution in [1.82, 2.24) is 4.98 Å². The molecular weight excluding hydrogens is 174 g/mol. The van der Waals surface area contributed by atoms with Gasteiger partial charge in [0.15, 0.2) is 0 Å². The second-order valence-electron chi connectivity index (χ2n) is 5.31. The van der Waals surface area contributed by atoms with Gasteiger partial charge in [-0.05, 0) is 5.04 Å². The molecule has 0 heterocycles. The van der Waals surface area contributed by atoms with E-state index in [4.69, 9.17) is 0 Å². The molecule has 1 aliphatic carbocycles. The van der Waals surface area contributed by atoms with Gasteiger partial charge in [-0.3, -0.25) is 0 Å². The standard InChI is InChI=1S/C11H21NSi/c1-11(2,3)13(4,5)12-10-8-6-7-9-10/h6-10,12H,1-5H3. The number of rotatable bonds is 2. The van der Waals surface area contributed by atoms with Gasteiger partial charge in [0.2, 0.25) is 0 Å². The maximum atomic E-state index is 3.76. The molecule has 0 aromatic heterocycles. The minimum absolute atomic E-state index is 0.414. The minimum Gasteiger partial charge on any atom is -0.328 e. The molecule has 0 radical (unpaired) electrons. The summed E-state index contributed by atoms with van der Waals surface area (Å²) in [5, 5.41) is 0.414. The summed E-state index contributed by atoms with van der Waals surface area (Å²) in [7, 11) is -1.32. The molecule has 0 fully saturated rings. The van der Waals surface area contributed by atoms with Gasteiger partial charge in [-0.15, -0.1) is 0 Å². The molecule has 0 aromatic carbocycles. The van der Waals surface area contributed by atoms with Gasteiger partial charge >= 0.3 is 0 Å². The van der Waals surface area contributed by atoms with E-state index < -0.39 is 8.24 Å². The summed E-state index contributed by atoms with van der Waals surface area (Å²) in [6.45, 7) is 11.8. The number of nitrogens with one attached hydrogen (secondary N) is 1. The SMILES string of the molecule is CC(C)(C)[Si](C)(C)NC1C=CC=C1. The third kappa shape index (κ3) is 2.55. The maximum Gasteiger partial charge on any atom is 0.125 e. The normalized spacial score (nSPS) is 18.5. The molecule has 74 valence electrons. The largest absolute Gasteiger partial charge is 0.328 e. The van der Waals surface area contributed by atoms with Crippen molar-refractivity contribution in [2.24, 2.45) is 0 Å². The van der Waals surface area contributed by atoms with Crippen molar-refractivity contribution in [3.05, 3.63) is 24.3 Å². The zero-order valence-corrected chi connectivity index (χ0v) is 10.4. The van der Waals surface area contributed by atoms with Gasteiger partial charge in [0.25, 0.3) is 0 Å². The van der Waals surface area contributed by atoms with E-state index in [0.29, 0.717) is 11.1 Å². The molecule has 0 saturated heterocycles. The van der Waals surface area contributed by atoms with Gasteiger partial charge in [-0.2, -0.15) is 0 Å². The Morgan fingerprint density at radius 3 is 1.92 bits per heavy atom. The first kappa shape index (κ1) is 10.7. The molecule has 0 aromatic rings. The molecule has 1 aliphatic rings. The molecule has 0 atom stereocenters. The summed E-state index contributed by atoms with van der Waals surface area (Å²) in [5.74, 6) is 0. The fourth-order valence-electron chi connectivity index (χ4n) is 1.16. The van der Waals surface area contributed by atoms with E-state index in [1.54, 1.807) is 0 Å². The Morgan fingerprint density at radius 2 is 1.54 bits per heavy atom. The van der Waals surface area contributed by atoms with Crippen molar-refractivity contribution < 1.29 is 0 Å². The summed E-state index contributed by atoms with van der Waals surface area (Å²) in [6.07, 6.45) is 8.68. The van der Waals surface area contributed by atoms with Gasteiger partial charge in [-0.25, -0.2) is 0 Å². The topological polar surface area (TPSA) is 12.0 Å². The fourth-order valence-corrected chi connectivity index (χ4v) is 2.62. The molecule has 13 heavy (non-hydrogen) atoms. The van der Waals surface area contributed by atoms with Crippen molar-refractivity contribution in [2.45, 2.75) is 44.9 Å². The molecule has 1 N–H and O–H groups in total. The third-order valence-electron chi connectivity index (χ3n) is 3.15. The fraction of sp³-hybridized carbons (Fsp3) is 0.636. The monoisotopic (exact) mass is 195 g/mol. The summed E-state index contributed by atoms with van der Waals surface area (Å²) in [5.41, 5.74) is 0. The van der Waals surface area contributed by atoms with Gasteiger partial charge in [0.05, 0.1) is 0 Å². The van der Waals surface area contributed by atoms with Gasteiger partial charge in [0.1, 0.15) is 8.24 Å². The molecule has 2 heteroatoms. The van der Waals surface area contributed by atoms with Crippen molar-refractivity contribution in [1.29, 1.82) is 0 Å². The first-order valence-corrected chi connectivity index (χ1v) is 7.96. The van der Waals surface area contributed by atoms with E-state index in [0.717, 1.165) is 0 Å². The average Bonchev–Trinajstić information content (AvgIpc) is 2.35. The lowest BCUT2D eigenvalue weighted by atomic mass is 10.2. The Balaban J connectivity index is 2.61. The van der Waals surface area contributed by atoms with E-state index >= 15 is 0 Å². The Hall–Kier alpha value is -0.343. The van der Waals surface area contributed by atoms with Crippen LogP contribution in [0.2, 0.25) is 18.1 Å². The lowest BCUT2D eigenvalue weighted by molar-refractivity contribution is 0.681. The number of allylic oxidation sites excluding steroid dienone is 2. The third-order valence-corrected chi connectivity index (χ3v) is 7.96. The number of hydrogen-bond donors (Lipinski definition) is 1. The molecule has 0 amide bonds. The van der Waals surface area contributed by atoms with Crippen LogP contribution in [0.4, 0.5) is 0 Å². The van der Waals surface area contributed by atoms with E-state index in [9.17, 15) is 0 Å². The average molecular weight is 195 g/mol. The highest BCUT2D eigenvalue weighted by Crippen LogP contribution is 2.34. The quantitative estimate of drug-likeness (QED) is 0.668. The summed E-state index contributed by atoms with van der Waals surface area (Å²) >= 11 is 0. The van der Waals surface area contributed by atoms with Gasteiger partial charge in [0, 0.05) is 6.04 Å². The van der Waals surface area contributed by atoms with Crippen LogP contribution in [0.15, 0.2) is 24.3 Å². The smallest absolute Gasteiger partial charge is 0.125 e. The summed E-state index contributed by atoms with van der Waals surface area (Å²) in [6, 6.07) is 0.473. The lowest BCUT2D eigenvalue weighted by Gasteiger charge is -2.39. The van der Waals surface area contributed by atoms with Crippen LogP contribution in [0.5, 0.6) is 0 Å². The summed E-state index contributed by atoms with van der Waals surface area (Å²) in [4.78, 5) is 3.76. The molecule has 0 unspecified atom stereocenters. The van der Waals surface area contributed by atoms with E-state index in [1.165, 1.54) is 0 Å². The first-order chi connectivity index (χ1) is 5.83. The molecule has 0 spiro atoms. The zero-order chi connectivity index (χ0) is 10.1.